The number of nitrogens with zero attached hydrogens (tertiary/aromatic N) is 2. The maximum Gasteiger partial charge on any atom is 0.254 e. The molecule has 3 rings (SSSR count). The van der Waals surface area contributed by atoms with Crippen LogP contribution in [0, 0.1) is 6.92 Å². The Morgan fingerprint density at radius 2 is 1.68 bits per heavy atom. The molecular formula is C30H36Cl2N2O5S. The van der Waals surface area contributed by atoms with E-state index >= 15 is 0 Å². The number of thiophene rings is 1. The van der Waals surface area contributed by atoms with Gasteiger partial charge in [-0.3, -0.25) is 9.59 Å². The summed E-state index contributed by atoms with van der Waals surface area (Å²) in [5, 5.41) is 0.655. The zero-order chi connectivity index (χ0) is 29.1. The number of hydrogen-bond donors (Lipinski definition) is 0. The summed E-state index contributed by atoms with van der Waals surface area (Å²) in [7, 11) is 3.20. The molecule has 0 aliphatic heterocycles. The topological polar surface area (TPSA) is 68.3 Å². The number of rotatable bonds is 15. The van der Waals surface area contributed by atoms with Gasteiger partial charge in [-0.2, -0.15) is 0 Å². The van der Waals surface area contributed by atoms with Crippen LogP contribution in [0.5, 0.6) is 11.5 Å². The van der Waals surface area contributed by atoms with Crippen LogP contribution in [0.25, 0.3) is 0 Å². The van der Waals surface area contributed by atoms with E-state index in [-0.39, 0.29) is 23.4 Å². The summed E-state index contributed by atoms with van der Waals surface area (Å²) in [5.74, 6) is 0.864. The number of aryl methyl sites for hydroxylation is 1. The third kappa shape index (κ3) is 9.13. The SMILES string of the molecule is CCOCCCN(CC(=O)N(CCc1ccc(OC)c(OC)c1)Cc1ccc(C)s1)C(=O)c1ccc(Cl)c(Cl)c1. The third-order valence-electron chi connectivity index (χ3n) is 6.31. The van der Waals surface area contributed by atoms with Crippen molar-refractivity contribution in [2.45, 2.75) is 33.2 Å². The van der Waals surface area contributed by atoms with Gasteiger partial charge in [-0.05, 0) is 74.7 Å². The number of carbonyl (C=O) groups is 2. The lowest BCUT2D eigenvalue weighted by molar-refractivity contribution is -0.132. The number of halogens is 2. The summed E-state index contributed by atoms with van der Waals surface area (Å²) in [6.07, 6.45) is 1.21. The molecule has 40 heavy (non-hydrogen) atoms. The average Bonchev–Trinajstić information content (AvgIpc) is 3.37. The van der Waals surface area contributed by atoms with Crippen molar-refractivity contribution in [2.24, 2.45) is 0 Å². The van der Waals surface area contributed by atoms with Crippen molar-refractivity contribution >= 4 is 46.4 Å². The summed E-state index contributed by atoms with van der Waals surface area (Å²) in [5.41, 5.74) is 1.39. The van der Waals surface area contributed by atoms with Crippen LogP contribution in [-0.4, -0.2) is 68.7 Å². The van der Waals surface area contributed by atoms with E-state index in [0.717, 1.165) is 10.4 Å². The van der Waals surface area contributed by atoms with Gasteiger partial charge in [0.2, 0.25) is 5.91 Å². The Balaban J connectivity index is 1.81. The first-order chi connectivity index (χ1) is 19.2. The van der Waals surface area contributed by atoms with Crippen molar-refractivity contribution in [3.8, 4) is 11.5 Å². The standard InChI is InChI=1S/C30H36Cl2N2O5S/c1-5-39-16-6-14-34(30(36)23-9-11-25(31)26(32)18-23)20-29(35)33(19-24-10-7-21(2)40-24)15-13-22-8-12-27(37-3)28(17-22)38-4/h7-12,17-18H,5-6,13-16,19-20H2,1-4H3. The molecule has 0 atom stereocenters. The Morgan fingerprint density at radius 1 is 0.900 bits per heavy atom. The second kappa shape index (κ2) is 15.9. The van der Waals surface area contributed by atoms with Gasteiger partial charge in [0.1, 0.15) is 6.54 Å². The third-order valence-corrected chi connectivity index (χ3v) is 8.04. The Bertz CT molecular complexity index is 1280. The molecule has 0 aliphatic carbocycles. The minimum atomic E-state index is -0.282. The fourth-order valence-electron chi connectivity index (χ4n) is 4.18. The molecular weight excluding hydrogens is 571 g/mol. The Labute approximate surface area is 250 Å². The minimum absolute atomic E-state index is 0.0680. The maximum atomic E-state index is 13.8. The molecule has 1 heterocycles. The molecule has 10 heteroatoms. The van der Waals surface area contributed by atoms with Crippen LogP contribution in [0.3, 0.4) is 0 Å². The average molecular weight is 608 g/mol. The van der Waals surface area contributed by atoms with Crippen LogP contribution in [0.2, 0.25) is 10.0 Å². The number of amides is 2. The van der Waals surface area contributed by atoms with Crippen molar-refractivity contribution in [1.29, 1.82) is 0 Å². The molecule has 0 fully saturated rings. The monoisotopic (exact) mass is 606 g/mol. The molecule has 2 aromatic carbocycles. The first-order valence-corrected chi connectivity index (χ1v) is 14.7. The van der Waals surface area contributed by atoms with Gasteiger partial charge >= 0.3 is 0 Å². The van der Waals surface area contributed by atoms with Crippen LogP contribution >= 0.6 is 34.5 Å². The van der Waals surface area contributed by atoms with Crippen molar-refractivity contribution in [3.05, 3.63) is 79.5 Å². The summed E-state index contributed by atoms with van der Waals surface area (Å²) in [4.78, 5) is 32.9. The molecule has 3 aromatic rings. The molecule has 7 nitrogen and oxygen atoms in total. The van der Waals surface area contributed by atoms with Gasteiger partial charge in [-0.15, -0.1) is 11.3 Å². The van der Waals surface area contributed by atoms with Crippen LogP contribution in [0.4, 0.5) is 0 Å². The first-order valence-electron chi connectivity index (χ1n) is 13.1. The summed E-state index contributed by atoms with van der Waals surface area (Å²) >= 11 is 13.9. The van der Waals surface area contributed by atoms with Crippen molar-refractivity contribution in [3.63, 3.8) is 0 Å². The van der Waals surface area contributed by atoms with E-state index in [2.05, 4.69) is 0 Å². The van der Waals surface area contributed by atoms with Crippen molar-refractivity contribution in [2.75, 3.05) is 47.1 Å². The zero-order valence-electron chi connectivity index (χ0n) is 23.4. The molecule has 0 saturated heterocycles. The molecule has 0 aliphatic rings. The normalized spacial score (nSPS) is 10.8. The fourth-order valence-corrected chi connectivity index (χ4v) is 5.38. The van der Waals surface area contributed by atoms with E-state index in [1.807, 2.05) is 44.2 Å². The van der Waals surface area contributed by atoms with E-state index < -0.39 is 0 Å². The lowest BCUT2D eigenvalue weighted by atomic mass is 10.1. The van der Waals surface area contributed by atoms with Crippen molar-refractivity contribution in [1.82, 2.24) is 9.80 Å². The van der Waals surface area contributed by atoms with E-state index in [1.54, 1.807) is 47.5 Å². The maximum absolute atomic E-state index is 13.8. The van der Waals surface area contributed by atoms with E-state index in [0.29, 0.717) is 67.8 Å². The van der Waals surface area contributed by atoms with Gasteiger partial charge < -0.3 is 24.0 Å². The number of methoxy groups -OCH3 is 2. The summed E-state index contributed by atoms with van der Waals surface area (Å²) in [6, 6.07) is 14.6. The second-order valence-corrected chi connectivity index (χ2v) is 11.4. The second-order valence-electron chi connectivity index (χ2n) is 9.17. The lowest BCUT2D eigenvalue weighted by Crippen LogP contribution is -2.44. The van der Waals surface area contributed by atoms with Gasteiger partial charge in [0.25, 0.3) is 5.91 Å². The molecule has 0 saturated carbocycles. The predicted octanol–water partition coefficient (Wildman–Crippen LogP) is 6.52. The van der Waals surface area contributed by atoms with E-state index in [4.69, 9.17) is 37.4 Å². The van der Waals surface area contributed by atoms with E-state index in [9.17, 15) is 9.59 Å². The Hall–Kier alpha value is -2.78. The Kier molecular flexibility index (Phi) is 12.6. The molecule has 0 radical (unpaired) electrons. The first kappa shape index (κ1) is 31.7. The molecule has 216 valence electrons. The molecule has 0 unspecified atom stereocenters. The van der Waals surface area contributed by atoms with Gasteiger partial charge in [-0.1, -0.05) is 29.3 Å². The predicted molar refractivity (Wildman–Crippen MR) is 161 cm³/mol. The van der Waals surface area contributed by atoms with Crippen molar-refractivity contribution < 1.29 is 23.8 Å². The molecule has 0 bridgehead atoms. The number of benzene rings is 2. The highest BCUT2D eigenvalue weighted by molar-refractivity contribution is 7.11. The number of hydrogen-bond acceptors (Lipinski definition) is 6. The number of carbonyl (C=O) groups excluding carboxylic acids is 2. The van der Waals surface area contributed by atoms with Gasteiger partial charge in [0.05, 0.1) is 30.8 Å². The van der Waals surface area contributed by atoms with Crippen LogP contribution < -0.4 is 9.47 Å². The van der Waals surface area contributed by atoms with Gasteiger partial charge in [0.15, 0.2) is 11.5 Å². The smallest absolute Gasteiger partial charge is 0.254 e. The summed E-state index contributed by atoms with van der Waals surface area (Å²) in [6.45, 7) is 6.27. The summed E-state index contributed by atoms with van der Waals surface area (Å²) < 4.78 is 16.3. The fraction of sp³-hybridized carbons (Fsp3) is 0.400. The van der Waals surface area contributed by atoms with Gasteiger partial charge in [0, 0.05) is 41.6 Å². The quantitative estimate of drug-likeness (QED) is 0.184. The molecule has 0 spiro atoms. The van der Waals surface area contributed by atoms with Crippen LogP contribution in [-0.2, 0) is 22.5 Å². The van der Waals surface area contributed by atoms with E-state index in [1.165, 1.54) is 10.9 Å². The largest absolute Gasteiger partial charge is 0.493 e. The lowest BCUT2D eigenvalue weighted by Gasteiger charge is -2.28. The molecule has 1 aromatic heterocycles. The van der Waals surface area contributed by atoms with Crippen LogP contribution in [0.15, 0.2) is 48.5 Å². The molecule has 2 amide bonds. The highest BCUT2D eigenvalue weighted by Crippen LogP contribution is 2.28. The minimum Gasteiger partial charge on any atom is -0.493 e. The molecule has 0 N–H and O–H groups in total. The zero-order valence-corrected chi connectivity index (χ0v) is 25.7. The highest BCUT2D eigenvalue weighted by atomic mass is 35.5. The number of ether oxygens (including phenoxy) is 3. The van der Waals surface area contributed by atoms with Crippen LogP contribution in [0.1, 0.15) is 39.0 Å². The Morgan fingerprint density at radius 3 is 2.33 bits per heavy atom. The highest BCUT2D eigenvalue weighted by Gasteiger charge is 2.23. The van der Waals surface area contributed by atoms with Gasteiger partial charge in [-0.25, -0.2) is 0 Å².